The van der Waals surface area contributed by atoms with Gasteiger partial charge in [-0.15, -0.1) is 11.8 Å². The molecule has 0 aromatic carbocycles. The van der Waals surface area contributed by atoms with Crippen molar-refractivity contribution in [2.24, 2.45) is 0 Å². The lowest BCUT2D eigenvalue weighted by Gasteiger charge is -2.30. The Balaban J connectivity index is 1.53. The smallest absolute Gasteiger partial charge is 0.233 e. The van der Waals surface area contributed by atoms with Gasteiger partial charge in [0.25, 0.3) is 0 Å². The first-order chi connectivity index (χ1) is 12.8. The zero-order valence-electron chi connectivity index (χ0n) is 15.1. The number of nitrogens with zero attached hydrogens (tertiary/aromatic N) is 3. The Bertz CT molecular complexity index is 593. The van der Waals surface area contributed by atoms with E-state index in [1.54, 1.807) is 12.4 Å². The van der Waals surface area contributed by atoms with Crippen molar-refractivity contribution in [3.05, 3.63) is 30.1 Å². The third kappa shape index (κ3) is 5.20. The molecular formula is C19H27N3O3S. The number of morpholine rings is 1. The van der Waals surface area contributed by atoms with E-state index in [0.717, 1.165) is 37.8 Å². The van der Waals surface area contributed by atoms with Crippen LogP contribution in [0, 0.1) is 0 Å². The van der Waals surface area contributed by atoms with E-state index in [9.17, 15) is 9.59 Å². The van der Waals surface area contributed by atoms with Gasteiger partial charge in [0.1, 0.15) is 0 Å². The molecule has 2 aliphatic heterocycles. The van der Waals surface area contributed by atoms with E-state index in [4.69, 9.17) is 4.74 Å². The van der Waals surface area contributed by atoms with Crippen molar-refractivity contribution in [1.29, 1.82) is 0 Å². The molecule has 1 unspecified atom stereocenters. The Hall–Kier alpha value is -1.60. The third-order valence-corrected chi connectivity index (χ3v) is 5.88. The molecule has 2 fully saturated rings. The number of pyridine rings is 1. The van der Waals surface area contributed by atoms with Crippen LogP contribution in [0.4, 0.5) is 0 Å². The number of thioether (sulfide) groups is 1. The summed E-state index contributed by atoms with van der Waals surface area (Å²) in [6.45, 7) is 3.32. The molecule has 1 aromatic heterocycles. The van der Waals surface area contributed by atoms with Crippen LogP contribution in [0.3, 0.4) is 0 Å². The van der Waals surface area contributed by atoms with Crippen LogP contribution in [-0.4, -0.2) is 71.0 Å². The van der Waals surface area contributed by atoms with Crippen molar-refractivity contribution in [1.82, 2.24) is 14.8 Å². The average Bonchev–Trinajstić information content (AvgIpc) is 2.95. The highest BCUT2D eigenvalue weighted by Crippen LogP contribution is 2.30. The van der Waals surface area contributed by atoms with Crippen molar-refractivity contribution in [3.63, 3.8) is 0 Å². The number of carbonyl (C=O) groups excluding carboxylic acids is 2. The van der Waals surface area contributed by atoms with Crippen molar-refractivity contribution in [2.45, 2.75) is 31.7 Å². The zero-order valence-corrected chi connectivity index (χ0v) is 16.0. The summed E-state index contributed by atoms with van der Waals surface area (Å²) < 4.78 is 5.27. The summed E-state index contributed by atoms with van der Waals surface area (Å²) in [5.74, 6) is 0.957. The molecule has 142 valence electrons. The summed E-state index contributed by atoms with van der Waals surface area (Å²) in [7, 11) is 0. The van der Waals surface area contributed by atoms with Crippen LogP contribution < -0.4 is 0 Å². The Morgan fingerprint density at radius 3 is 2.54 bits per heavy atom. The maximum absolute atomic E-state index is 12.8. The van der Waals surface area contributed by atoms with Crippen LogP contribution in [0.25, 0.3) is 0 Å². The monoisotopic (exact) mass is 377 g/mol. The highest BCUT2D eigenvalue weighted by Gasteiger charge is 2.27. The standard InChI is InChI=1S/C19H27N3O3S/c23-18(21-10-12-25-13-11-21)14-26-15-19(24)22-9-3-1-2-4-17(22)16-5-7-20-8-6-16/h5-8,17H,1-4,9-15H2. The second kappa shape index (κ2) is 9.92. The fourth-order valence-corrected chi connectivity index (χ4v) is 4.35. The number of hydrogen-bond acceptors (Lipinski definition) is 5. The summed E-state index contributed by atoms with van der Waals surface area (Å²) in [5, 5.41) is 0. The summed E-state index contributed by atoms with van der Waals surface area (Å²) in [6.07, 6.45) is 7.92. The number of carbonyl (C=O) groups is 2. The molecule has 0 N–H and O–H groups in total. The average molecular weight is 378 g/mol. The van der Waals surface area contributed by atoms with Crippen molar-refractivity contribution in [3.8, 4) is 0 Å². The molecule has 1 aromatic rings. The molecule has 3 rings (SSSR count). The molecule has 3 heterocycles. The van der Waals surface area contributed by atoms with Gasteiger partial charge in [0.05, 0.1) is 30.8 Å². The highest BCUT2D eigenvalue weighted by atomic mass is 32.2. The molecule has 0 radical (unpaired) electrons. The lowest BCUT2D eigenvalue weighted by molar-refractivity contribution is -0.132. The SMILES string of the molecule is O=C(CSCC(=O)N1CCCCCC1c1ccncc1)N1CCOCC1. The summed E-state index contributed by atoms with van der Waals surface area (Å²) in [4.78, 5) is 33.0. The highest BCUT2D eigenvalue weighted by molar-refractivity contribution is 8.00. The molecule has 0 aliphatic carbocycles. The fraction of sp³-hybridized carbons (Fsp3) is 0.632. The molecule has 2 amide bonds. The molecule has 2 aliphatic rings. The molecule has 2 saturated heterocycles. The number of rotatable bonds is 5. The van der Waals surface area contributed by atoms with E-state index in [1.807, 2.05) is 21.9 Å². The Kier molecular flexibility index (Phi) is 7.32. The minimum absolute atomic E-state index is 0.104. The van der Waals surface area contributed by atoms with Gasteiger partial charge >= 0.3 is 0 Å². The van der Waals surface area contributed by atoms with E-state index < -0.39 is 0 Å². The Labute approximate surface area is 159 Å². The van der Waals surface area contributed by atoms with Gasteiger partial charge in [0.2, 0.25) is 11.8 Å². The third-order valence-electron chi connectivity index (χ3n) is 4.98. The van der Waals surface area contributed by atoms with Crippen molar-refractivity contribution in [2.75, 3.05) is 44.4 Å². The molecule has 1 atom stereocenters. The maximum atomic E-state index is 12.8. The fourth-order valence-electron chi connectivity index (χ4n) is 3.55. The second-order valence-corrected chi connectivity index (χ2v) is 7.70. The topological polar surface area (TPSA) is 62.7 Å². The van der Waals surface area contributed by atoms with Gasteiger partial charge in [-0.05, 0) is 30.5 Å². The Morgan fingerprint density at radius 1 is 1.04 bits per heavy atom. The minimum Gasteiger partial charge on any atom is -0.378 e. The van der Waals surface area contributed by atoms with Gasteiger partial charge in [-0.3, -0.25) is 14.6 Å². The van der Waals surface area contributed by atoms with Crippen LogP contribution >= 0.6 is 11.8 Å². The summed E-state index contributed by atoms with van der Waals surface area (Å²) in [5.41, 5.74) is 1.16. The molecular weight excluding hydrogens is 350 g/mol. The van der Waals surface area contributed by atoms with Gasteiger partial charge < -0.3 is 14.5 Å². The maximum Gasteiger partial charge on any atom is 0.233 e. The number of aromatic nitrogens is 1. The lowest BCUT2D eigenvalue weighted by atomic mass is 10.0. The first-order valence-corrected chi connectivity index (χ1v) is 10.5. The van der Waals surface area contributed by atoms with E-state index in [2.05, 4.69) is 4.98 Å². The molecule has 26 heavy (non-hydrogen) atoms. The summed E-state index contributed by atoms with van der Waals surface area (Å²) in [6, 6.07) is 4.14. The predicted molar refractivity (Wildman–Crippen MR) is 102 cm³/mol. The predicted octanol–water partition coefficient (Wildman–Crippen LogP) is 2.12. The second-order valence-electron chi connectivity index (χ2n) is 6.72. The van der Waals surface area contributed by atoms with E-state index in [1.165, 1.54) is 11.8 Å². The number of hydrogen-bond donors (Lipinski definition) is 0. The van der Waals surface area contributed by atoms with E-state index in [0.29, 0.717) is 37.8 Å². The molecule has 0 spiro atoms. The molecule has 0 bridgehead atoms. The van der Waals surface area contributed by atoms with Gasteiger partial charge in [-0.2, -0.15) is 0 Å². The normalized spacial score (nSPS) is 21.3. The van der Waals surface area contributed by atoms with Crippen LogP contribution in [0.2, 0.25) is 0 Å². The molecule has 6 nitrogen and oxygen atoms in total. The van der Waals surface area contributed by atoms with Crippen LogP contribution in [-0.2, 0) is 14.3 Å². The minimum atomic E-state index is 0.104. The van der Waals surface area contributed by atoms with Crippen LogP contribution in [0.5, 0.6) is 0 Å². The van der Waals surface area contributed by atoms with Crippen LogP contribution in [0.1, 0.15) is 37.3 Å². The molecule has 0 saturated carbocycles. The van der Waals surface area contributed by atoms with E-state index in [-0.39, 0.29) is 17.9 Å². The van der Waals surface area contributed by atoms with Gasteiger partial charge in [-0.1, -0.05) is 12.8 Å². The van der Waals surface area contributed by atoms with E-state index >= 15 is 0 Å². The summed E-state index contributed by atoms with van der Waals surface area (Å²) >= 11 is 1.43. The van der Waals surface area contributed by atoms with Crippen molar-refractivity contribution >= 4 is 23.6 Å². The van der Waals surface area contributed by atoms with Crippen molar-refractivity contribution < 1.29 is 14.3 Å². The first-order valence-electron chi connectivity index (χ1n) is 9.38. The zero-order chi connectivity index (χ0) is 18.2. The van der Waals surface area contributed by atoms with Gasteiger partial charge in [-0.25, -0.2) is 0 Å². The largest absolute Gasteiger partial charge is 0.378 e. The first kappa shape index (κ1) is 19.2. The Morgan fingerprint density at radius 2 is 1.77 bits per heavy atom. The van der Waals surface area contributed by atoms with Crippen LogP contribution in [0.15, 0.2) is 24.5 Å². The number of likely N-dealkylation sites (tertiary alicyclic amines) is 1. The molecule has 7 heteroatoms. The van der Waals surface area contributed by atoms with Gasteiger partial charge in [0.15, 0.2) is 0 Å². The van der Waals surface area contributed by atoms with Gasteiger partial charge in [0, 0.05) is 32.0 Å². The number of ether oxygens (including phenoxy) is 1. The lowest BCUT2D eigenvalue weighted by Crippen LogP contribution is -2.42. The quantitative estimate of drug-likeness (QED) is 0.787. The number of amides is 2.